The zero-order chi connectivity index (χ0) is 15.6. The maximum atomic E-state index is 10.0. The smallest absolute Gasteiger partial charge is 0.453 e. The molecule has 0 rings (SSSR count). The Balaban J connectivity index is -0.000000352. The van der Waals surface area contributed by atoms with Crippen LogP contribution in [0.4, 0.5) is 0 Å². The second-order valence-electron chi connectivity index (χ2n) is 2.03. The molecule has 0 aliphatic rings. The molecule has 0 amide bonds. The third-order valence-corrected chi connectivity index (χ3v) is 0.752. The number of carbonyl (C=O) groups is 6. The molecule has 0 aliphatic heterocycles. The van der Waals surface area contributed by atoms with Crippen LogP contribution in [0.15, 0.2) is 0 Å². The third-order valence-electron chi connectivity index (χ3n) is 0.752. The molecule has 14 heteroatoms. The molecule has 0 unspecified atom stereocenters. The number of carbonyl (C=O) groups excluding carboxylic acids is 2. The van der Waals surface area contributed by atoms with E-state index in [9.17, 15) is 19.2 Å². The van der Waals surface area contributed by atoms with Gasteiger partial charge in [0.15, 0.2) is 0 Å². The molecule has 20 heavy (non-hydrogen) atoms. The molecule has 4 N–H and O–H groups in total. The molecule has 0 aromatic rings. The fourth-order valence-corrected chi connectivity index (χ4v) is 0.150. The van der Waals surface area contributed by atoms with Crippen LogP contribution in [0, 0.1) is 0 Å². The minimum absolute atomic E-state index is 0. The quantitative estimate of drug-likeness (QED) is 0.175. The number of hydrogen-bond donors (Lipinski definition) is 4. The average Bonchev–Trinajstić information content (AvgIpc) is 2.28. The minimum atomic E-state index is -1.99. The van der Waals surface area contributed by atoms with Gasteiger partial charge in [0.1, 0.15) is 0 Å². The summed E-state index contributed by atoms with van der Waals surface area (Å²) in [5, 5.41) is 33.7. The van der Waals surface area contributed by atoms with Gasteiger partial charge in [0.2, 0.25) is 0 Å². The second-order valence-corrected chi connectivity index (χ2v) is 2.03. The number of rotatable bonds is 2. The van der Waals surface area contributed by atoms with Gasteiger partial charge >= 0.3 is 35.8 Å². The Hall–Kier alpha value is -2.51. The Morgan fingerprint density at radius 1 is 0.550 bits per heavy atom. The average molecular weight is 332 g/mol. The van der Waals surface area contributed by atoms with Gasteiger partial charge in [0.05, 0.1) is 0 Å². The van der Waals surface area contributed by atoms with Gasteiger partial charge in [0, 0.05) is 26.8 Å². The minimum Gasteiger partial charge on any atom is -0.473 e. The first-order valence-electron chi connectivity index (χ1n) is 3.61. The predicted octanol–water partition coefficient (Wildman–Crippen LogP) is -2.76. The van der Waals surface area contributed by atoms with Crippen LogP contribution >= 0.6 is 0 Å². The van der Waals surface area contributed by atoms with Crippen molar-refractivity contribution >= 4 is 35.8 Å². The van der Waals surface area contributed by atoms with E-state index in [-0.39, 0.29) is 21.7 Å². The topological polar surface area (TPSA) is 211 Å². The fraction of sp³-hybridized carbons (Fsp3) is 0. The Labute approximate surface area is 122 Å². The van der Waals surface area contributed by atoms with Gasteiger partial charge in [0.25, 0.3) is 0 Å². The maximum Gasteiger partial charge on any atom is 0.453 e. The van der Waals surface area contributed by atoms with Crippen molar-refractivity contribution in [1.29, 1.82) is 0 Å². The zero-order valence-electron chi connectivity index (χ0n) is 8.96. The van der Waals surface area contributed by atoms with Crippen molar-refractivity contribution in [2.24, 2.45) is 0 Å². The summed E-state index contributed by atoms with van der Waals surface area (Å²) in [5.41, 5.74) is 0. The van der Waals surface area contributed by atoms with E-state index in [2.05, 4.69) is 14.8 Å². The molecular weight excluding hydrogens is 328 g/mol. The summed E-state index contributed by atoms with van der Waals surface area (Å²) in [5.74, 6) is -11.4. The van der Waals surface area contributed by atoms with Crippen molar-refractivity contribution in [3.05, 3.63) is 0 Å². The summed E-state index contributed by atoms with van der Waals surface area (Å²) in [7, 11) is 0. The largest absolute Gasteiger partial charge is 0.473 e. The van der Waals surface area contributed by atoms with Crippen LogP contribution in [0.2, 0.25) is 0 Å². The summed E-state index contributed by atoms with van der Waals surface area (Å²) < 4.78 is 0. The molecule has 0 aliphatic carbocycles. The number of carboxylic acids is 4. The summed E-state index contributed by atoms with van der Waals surface area (Å²) >= 11 is 0. The molecule has 0 atom stereocenters. The van der Waals surface area contributed by atoms with Gasteiger partial charge in [-0.05, 0) is 0 Å². The summed E-state index contributed by atoms with van der Waals surface area (Å²) in [6, 6.07) is 0. The number of hydrogen-bond acceptors (Lipinski definition) is 9. The SMILES string of the molecule is O=C(O)C(=O)O.O=C(O)C(=O)OOOC(=O)C(=O)O.[Ti]. The van der Waals surface area contributed by atoms with Gasteiger partial charge in [-0.15, -0.1) is 0 Å². The molecule has 110 valence electrons. The first-order valence-corrected chi connectivity index (χ1v) is 3.61. The van der Waals surface area contributed by atoms with Crippen molar-refractivity contribution in [1.82, 2.24) is 0 Å². The molecule has 0 heterocycles. The maximum absolute atomic E-state index is 10.0. The monoisotopic (exact) mass is 332 g/mol. The molecule has 0 fully saturated rings. The van der Waals surface area contributed by atoms with E-state index in [1.165, 1.54) is 0 Å². The van der Waals surface area contributed by atoms with Crippen LogP contribution in [-0.2, 0) is 65.3 Å². The van der Waals surface area contributed by atoms with Crippen LogP contribution in [0.5, 0.6) is 0 Å². The number of carboxylic acid groups (broad SMARTS) is 4. The molecule has 0 bridgehead atoms. The van der Waals surface area contributed by atoms with Crippen LogP contribution in [0.1, 0.15) is 0 Å². The van der Waals surface area contributed by atoms with Gasteiger partial charge in [-0.3, -0.25) is 0 Å². The van der Waals surface area contributed by atoms with E-state index in [0.717, 1.165) is 0 Å². The van der Waals surface area contributed by atoms with Crippen LogP contribution < -0.4 is 0 Å². The van der Waals surface area contributed by atoms with Gasteiger partial charge in [-0.25, -0.2) is 38.5 Å². The van der Waals surface area contributed by atoms with Crippen LogP contribution in [-0.4, -0.2) is 56.2 Å². The zero-order valence-corrected chi connectivity index (χ0v) is 10.5. The predicted molar refractivity (Wildman–Crippen MR) is 43.8 cm³/mol. The van der Waals surface area contributed by atoms with Crippen molar-refractivity contribution in [2.75, 3.05) is 0 Å². The van der Waals surface area contributed by atoms with Crippen molar-refractivity contribution in [2.45, 2.75) is 0 Å². The molecule has 0 spiro atoms. The Bertz CT molecular complexity index is 373. The van der Waals surface area contributed by atoms with Gasteiger partial charge in [-0.2, -0.15) is 0 Å². The van der Waals surface area contributed by atoms with Crippen molar-refractivity contribution in [3.8, 4) is 0 Å². The summed E-state index contributed by atoms with van der Waals surface area (Å²) in [6.45, 7) is 0. The molecule has 0 radical (unpaired) electrons. The van der Waals surface area contributed by atoms with E-state index in [1.807, 2.05) is 0 Å². The van der Waals surface area contributed by atoms with Crippen molar-refractivity contribution < 1.29 is 85.7 Å². The van der Waals surface area contributed by atoms with E-state index >= 15 is 0 Å². The standard InChI is InChI=1S/C4H2O9.C2H2O4.Ti/c5-1(6)3(9)11-13-12-4(10)2(7)8;3-1(4)2(5)6;/h(H,5,6)(H,7,8);(H,3,4)(H,5,6);. The van der Waals surface area contributed by atoms with Crippen molar-refractivity contribution in [3.63, 3.8) is 0 Å². The summed E-state index contributed by atoms with van der Waals surface area (Å²) in [4.78, 5) is 64.2. The molecule has 0 saturated carbocycles. The van der Waals surface area contributed by atoms with E-state index < -0.39 is 35.8 Å². The molecule has 13 nitrogen and oxygen atoms in total. The summed E-state index contributed by atoms with van der Waals surface area (Å²) in [6.07, 6.45) is 0. The van der Waals surface area contributed by atoms with Crippen LogP contribution in [0.25, 0.3) is 0 Å². The molecule has 0 aromatic heterocycles. The normalized spacial score (nSPS) is 7.80. The van der Waals surface area contributed by atoms with Gasteiger partial charge in [-0.1, -0.05) is 0 Å². The fourth-order valence-electron chi connectivity index (χ4n) is 0.150. The second kappa shape index (κ2) is 11.6. The van der Waals surface area contributed by atoms with Crippen LogP contribution in [0.3, 0.4) is 0 Å². The van der Waals surface area contributed by atoms with E-state index in [0.29, 0.717) is 0 Å². The van der Waals surface area contributed by atoms with E-state index in [1.54, 1.807) is 0 Å². The number of aliphatic carboxylic acids is 4. The first-order chi connectivity index (χ1) is 8.59. The molecular formula is C6H4O13Ti. The Kier molecular flexibility index (Phi) is 13.1. The first kappa shape index (κ1) is 22.7. The molecule has 0 aromatic carbocycles. The Morgan fingerprint density at radius 2 is 0.800 bits per heavy atom. The Morgan fingerprint density at radius 3 is 0.950 bits per heavy atom. The molecule has 0 saturated heterocycles. The van der Waals surface area contributed by atoms with Gasteiger partial charge < -0.3 is 20.4 Å². The van der Waals surface area contributed by atoms with E-state index in [4.69, 9.17) is 30.0 Å². The third kappa shape index (κ3) is 13.6.